The van der Waals surface area contributed by atoms with Crippen LogP contribution < -0.4 is 9.64 Å². The van der Waals surface area contributed by atoms with Gasteiger partial charge in [-0.15, -0.1) is 0 Å². The molecule has 9 heteroatoms. The second-order valence-corrected chi connectivity index (χ2v) is 9.73. The summed E-state index contributed by atoms with van der Waals surface area (Å²) in [6, 6.07) is 17.7. The number of fused-ring (bicyclic) bond motifs is 2. The van der Waals surface area contributed by atoms with E-state index in [0.29, 0.717) is 32.9 Å². The van der Waals surface area contributed by atoms with E-state index in [4.69, 9.17) is 9.15 Å². The maximum absolute atomic E-state index is 13.8. The molecule has 2 N–H and O–H groups in total. The molecule has 1 aliphatic rings. The number of amides is 1. The van der Waals surface area contributed by atoms with Gasteiger partial charge in [0.25, 0.3) is 5.91 Å². The minimum absolute atomic E-state index is 0.0449. The van der Waals surface area contributed by atoms with Gasteiger partial charge in [0.1, 0.15) is 5.75 Å². The number of phenolic OH excluding ortho intramolecular Hbond substituents is 1. The fraction of sp³-hybridized carbons (Fsp3) is 0.107. The number of para-hydroxylation sites is 1. The second kappa shape index (κ2) is 8.49. The molecule has 0 radical (unpaired) electrons. The predicted molar refractivity (Wildman–Crippen MR) is 139 cm³/mol. The number of carbonyl (C=O) groups excluding carboxylic acids is 2. The van der Waals surface area contributed by atoms with Crippen LogP contribution in [-0.4, -0.2) is 34.0 Å². The van der Waals surface area contributed by atoms with E-state index in [1.165, 1.54) is 35.5 Å². The summed E-state index contributed by atoms with van der Waals surface area (Å²) in [5, 5.41) is 22.2. The molecule has 0 spiro atoms. The molecule has 8 nitrogen and oxygen atoms in total. The topological polar surface area (TPSA) is 113 Å². The van der Waals surface area contributed by atoms with Crippen molar-refractivity contribution in [3.8, 4) is 11.5 Å². The number of methoxy groups -OCH3 is 1. The number of ether oxygens (including phenoxy) is 1. The molecule has 6 rings (SSSR count). The highest BCUT2D eigenvalue weighted by Crippen LogP contribution is 2.45. The van der Waals surface area contributed by atoms with Crippen molar-refractivity contribution in [3.63, 3.8) is 0 Å². The maximum atomic E-state index is 13.8. The number of thiazole rings is 1. The molecule has 1 unspecified atom stereocenters. The Labute approximate surface area is 214 Å². The normalized spacial score (nSPS) is 15.8. The first kappa shape index (κ1) is 22.8. The number of ketones is 1. The Kier molecular flexibility index (Phi) is 5.24. The maximum Gasteiger partial charge on any atom is 0.296 e. The van der Waals surface area contributed by atoms with Crippen LogP contribution in [0.1, 0.15) is 27.7 Å². The Morgan fingerprint density at radius 1 is 1.08 bits per heavy atom. The van der Waals surface area contributed by atoms with Crippen LogP contribution in [0.25, 0.3) is 21.2 Å². The first-order valence-corrected chi connectivity index (χ1v) is 12.2. The standard InChI is InChI=1S/C28H20N2O6S/c1-14-9-10-18-21(11-14)37-28(29-18)30-23(15-5-3-7-17(31)12-15)22(25(33)27(30)34)24(32)20-13-16-6-4-8-19(35-2)26(16)36-20/h3-13,23,31,33H,1-2H3. The molecular weight excluding hydrogens is 492 g/mol. The number of anilines is 1. The summed E-state index contributed by atoms with van der Waals surface area (Å²) < 4.78 is 12.0. The summed E-state index contributed by atoms with van der Waals surface area (Å²) in [6.45, 7) is 1.96. The molecule has 0 saturated carbocycles. The molecule has 37 heavy (non-hydrogen) atoms. The quantitative estimate of drug-likeness (QED) is 0.284. The molecule has 0 saturated heterocycles. The molecule has 0 aliphatic carbocycles. The van der Waals surface area contributed by atoms with Crippen LogP contribution in [0, 0.1) is 6.92 Å². The molecule has 1 amide bonds. The van der Waals surface area contributed by atoms with E-state index in [9.17, 15) is 19.8 Å². The Morgan fingerprint density at radius 2 is 1.89 bits per heavy atom. The van der Waals surface area contributed by atoms with Gasteiger partial charge in [0, 0.05) is 5.39 Å². The fourth-order valence-corrected chi connectivity index (χ4v) is 5.70. The monoisotopic (exact) mass is 512 g/mol. The van der Waals surface area contributed by atoms with Gasteiger partial charge in [-0.25, -0.2) is 4.98 Å². The highest BCUT2D eigenvalue weighted by Gasteiger charge is 2.46. The molecule has 0 bridgehead atoms. The second-order valence-electron chi connectivity index (χ2n) is 8.72. The number of Topliss-reactive ketones (excluding diaryl/α,β-unsaturated/α-hetero) is 1. The molecule has 5 aromatic rings. The number of furan rings is 1. The van der Waals surface area contributed by atoms with Crippen molar-refractivity contribution in [1.82, 2.24) is 4.98 Å². The molecule has 3 aromatic carbocycles. The van der Waals surface area contributed by atoms with Crippen molar-refractivity contribution in [1.29, 1.82) is 0 Å². The average molecular weight is 513 g/mol. The van der Waals surface area contributed by atoms with E-state index in [1.54, 1.807) is 36.4 Å². The van der Waals surface area contributed by atoms with Gasteiger partial charge in [-0.1, -0.05) is 41.7 Å². The number of nitrogens with zero attached hydrogens (tertiary/aromatic N) is 2. The van der Waals surface area contributed by atoms with Crippen molar-refractivity contribution < 1.29 is 29.0 Å². The summed E-state index contributed by atoms with van der Waals surface area (Å²) in [5.74, 6) is -1.76. The lowest BCUT2D eigenvalue weighted by Gasteiger charge is -2.24. The van der Waals surface area contributed by atoms with Crippen LogP contribution in [0.3, 0.4) is 0 Å². The van der Waals surface area contributed by atoms with E-state index in [0.717, 1.165) is 10.3 Å². The number of aromatic hydroxyl groups is 1. The first-order valence-electron chi connectivity index (χ1n) is 11.4. The van der Waals surface area contributed by atoms with Crippen molar-refractivity contribution in [2.24, 2.45) is 0 Å². The van der Waals surface area contributed by atoms with E-state index in [1.807, 2.05) is 25.1 Å². The highest BCUT2D eigenvalue weighted by atomic mass is 32.1. The lowest BCUT2D eigenvalue weighted by atomic mass is 9.95. The van der Waals surface area contributed by atoms with Gasteiger partial charge in [0.15, 0.2) is 28.0 Å². The molecule has 0 fully saturated rings. The summed E-state index contributed by atoms with van der Waals surface area (Å²) >= 11 is 1.28. The lowest BCUT2D eigenvalue weighted by molar-refractivity contribution is -0.117. The van der Waals surface area contributed by atoms with Gasteiger partial charge < -0.3 is 19.4 Å². The summed E-state index contributed by atoms with van der Waals surface area (Å²) in [6.07, 6.45) is 0. The average Bonchev–Trinajstić information content (AvgIpc) is 3.57. The van der Waals surface area contributed by atoms with Crippen molar-refractivity contribution in [2.75, 3.05) is 12.0 Å². The van der Waals surface area contributed by atoms with Gasteiger partial charge in [-0.2, -0.15) is 0 Å². The lowest BCUT2D eigenvalue weighted by Crippen LogP contribution is -2.30. The van der Waals surface area contributed by atoms with E-state index >= 15 is 0 Å². The van der Waals surface area contributed by atoms with Crippen molar-refractivity contribution in [3.05, 3.63) is 94.9 Å². The van der Waals surface area contributed by atoms with Gasteiger partial charge in [0.2, 0.25) is 5.78 Å². The number of aryl methyl sites for hydroxylation is 1. The number of hydrogen-bond donors (Lipinski definition) is 2. The smallest absolute Gasteiger partial charge is 0.296 e. The largest absolute Gasteiger partial charge is 0.508 e. The molecule has 184 valence electrons. The van der Waals surface area contributed by atoms with E-state index < -0.39 is 23.5 Å². The summed E-state index contributed by atoms with van der Waals surface area (Å²) in [4.78, 5) is 33.2. The minimum Gasteiger partial charge on any atom is -0.508 e. The van der Waals surface area contributed by atoms with Crippen LogP contribution in [-0.2, 0) is 4.79 Å². The van der Waals surface area contributed by atoms with Crippen LogP contribution in [0.4, 0.5) is 5.13 Å². The Bertz CT molecular complexity index is 1770. The zero-order valence-electron chi connectivity index (χ0n) is 19.8. The van der Waals surface area contributed by atoms with Crippen molar-refractivity contribution >= 4 is 49.3 Å². The van der Waals surface area contributed by atoms with Gasteiger partial charge >= 0.3 is 0 Å². The van der Waals surface area contributed by atoms with Crippen LogP contribution in [0.15, 0.2) is 82.5 Å². The molecule has 1 atom stereocenters. The zero-order valence-corrected chi connectivity index (χ0v) is 20.6. The number of aromatic nitrogens is 1. The third-order valence-electron chi connectivity index (χ3n) is 6.33. The van der Waals surface area contributed by atoms with Crippen LogP contribution in [0.2, 0.25) is 0 Å². The molecular formula is C28H20N2O6S. The van der Waals surface area contributed by atoms with Gasteiger partial charge in [0.05, 0.1) is 28.9 Å². The summed E-state index contributed by atoms with van der Waals surface area (Å²) in [5.41, 5.74) is 2.38. The highest BCUT2D eigenvalue weighted by molar-refractivity contribution is 7.22. The van der Waals surface area contributed by atoms with Gasteiger partial charge in [-0.3, -0.25) is 14.5 Å². The molecule has 2 aromatic heterocycles. The van der Waals surface area contributed by atoms with Crippen molar-refractivity contribution in [2.45, 2.75) is 13.0 Å². The molecule has 1 aliphatic heterocycles. The number of hydrogen-bond acceptors (Lipinski definition) is 8. The van der Waals surface area contributed by atoms with E-state index in [2.05, 4.69) is 4.98 Å². The minimum atomic E-state index is -1.04. The Hall–Kier alpha value is -4.63. The number of phenols is 1. The number of benzene rings is 3. The van der Waals surface area contributed by atoms with Crippen LogP contribution in [0.5, 0.6) is 11.5 Å². The number of rotatable bonds is 5. The number of aliphatic hydroxyl groups excluding tert-OH is 1. The number of aliphatic hydroxyl groups is 1. The fourth-order valence-electron chi connectivity index (χ4n) is 4.61. The predicted octanol–water partition coefficient (Wildman–Crippen LogP) is 5.85. The SMILES string of the molecule is COc1cccc2cc(C(=O)C3=C(O)C(=O)N(c4nc5ccc(C)cc5s4)C3c3cccc(O)c3)oc12. The Balaban J connectivity index is 1.52. The van der Waals surface area contributed by atoms with Crippen LogP contribution >= 0.6 is 11.3 Å². The van der Waals surface area contributed by atoms with E-state index in [-0.39, 0.29) is 17.1 Å². The summed E-state index contributed by atoms with van der Waals surface area (Å²) in [7, 11) is 1.50. The first-order chi connectivity index (χ1) is 17.9. The third-order valence-corrected chi connectivity index (χ3v) is 7.35. The van der Waals surface area contributed by atoms with Gasteiger partial charge in [-0.05, 0) is 54.4 Å². The Morgan fingerprint density at radius 3 is 2.68 bits per heavy atom. The molecule has 3 heterocycles. The zero-order chi connectivity index (χ0) is 25.8. The third kappa shape index (κ3) is 3.63. The number of carbonyl (C=O) groups is 2.